The Balaban J connectivity index is 1.54. The number of fused-ring (bicyclic) bond motifs is 3. The number of aromatic nitrogens is 1. The summed E-state index contributed by atoms with van der Waals surface area (Å²) in [5, 5.41) is 1.24. The number of benzene rings is 1. The first-order chi connectivity index (χ1) is 11.8. The summed E-state index contributed by atoms with van der Waals surface area (Å²) >= 11 is 0. The van der Waals surface area contributed by atoms with Crippen LogP contribution < -0.4 is 4.74 Å². The van der Waals surface area contributed by atoms with Crippen molar-refractivity contribution in [2.75, 3.05) is 13.3 Å². The van der Waals surface area contributed by atoms with Crippen LogP contribution in [0.2, 0.25) is 0 Å². The molecule has 126 valence electrons. The molecule has 1 aliphatic carbocycles. The first kappa shape index (κ1) is 15.6. The van der Waals surface area contributed by atoms with Gasteiger partial charge in [0.25, 0.3) is 0 Å². The molecule has 0 spiro atoms. The third-order valence-electron chi connectivity index (χ3n) is 5.31. The van der Waals surface area contributed by atoms with E-state index in [2.05, 4.69) is 35.0 Å². The number of pyridine rings is 1. The van der Waals surface area contributed by atoms with Gasteiger partial charge in [-0.1, -0.05) is 30.7 Å². The molecule has 3 heteroatoms. The fourth-order valence-corrected chi connectivity index (χ4v) is 3.94. The number of ether oxygens (including phenoxy) is 1. The predicted molar refractivity (Wildman–Crippen MR) is 98.2 cm³/mol. The number of aryl methyl sites for hydroxylation is 1. The summed E-state index contributed by atoms with van der Waals surface area (Å²) in [5.74, 6) is 0.996. The predicted octanol–water partition coefficient (Wildman–Crippen LogP) is 4.84. The monoisotopic (exact) mass is 322 g/mol. The Bertz CT molecular complexity index is 766. The lowest BCUT2D eigenvalue weighted by atomic mass is 9.97. The minimum Gasteiger partial charge on any atom is -0.475 e. The second-order valence-electron chi connectivity index (χ2n) is 6.96. The number of hydrogen-bond donors (Lipinski definition) is 0. The van der Waals surface area contributed by atoms with E-state index in [1.165, 1.54) is 48.6 Å². The smallest absolute Gasteiger partial charge is 0.152 e. The number of rotatable bonds is 4. The zero-order valence-electron chi connectivity index (χ0n) is 14.6. The van der Waals surface area contributed by atoms with E-state index in [1.807, 2.05) is 12.3 Å². The maximum atomic E-state index is 6.13. The van der Waals surface area contributed by atoms with E-state index < -0.39 is 0 Å². The molecule has 0 saturated carbocycles. The average molecular weight is 322 g/mol. The lowest BCUT2D eigenvalue weighted by molar-refractivity contribution is 0.0976. The minimum absolute atomic E-state index is 0.678. The highest BCUT2D eigenvalue weighted by Crippen LogP contribution is 2.35. The molecule has 0 radical (unpaired) electrons. The fraction of sp³-hybridized carbons (Fsp3) is 0.476. The third-order valence-corrected chi connectivity index (χ3v) is 5.31. The highest BCUT2D eigenvalue weighted by Gasteiger charge is 2.21. The highest BCUT2D eigenvalue weighted by atomic mass is 16.5. The Morgan fingerprint density at radius 3 is 3.08 bits per heavy atom. The number of hydrogen-bond acceptors (Lipinski definition) is 3. The van der Waals surface area contributed by atoms with Crippen molar-refractivity contribution < 1.29 is 4.74 Å². The number of allylic oxidation sites excluding steroid dienone is 1. The SMILES string of the molecule is CCc1cc2c(c3ncccc13)OCN(CCC1=CCCCC1)C2. The van der Waals surface area contributed by atoms with Gasteiger partial charge in [-0.2, -0.15) is 0 Å². The second-order valence-corrected chi connectivity index (χ2v) is 6.96. The quantitative estimate of drug-likeness (QED) is 0.753. The van der Waals surface area contributed by atoms with Gasteiger partial charge in [-0.05, 0) is 50.2 Å². The molecular weight excluding hydrogens is 296 g/mol. The van der Waals surface area contributed by atoms with Gasteiger partial charge in [0.15, 0.2) is 5.75 Å². The van der Waals surface area contributed by atoms with Crippen molar-refractivity contribution in [3.8, 4) is 5.75 Å². The summed E-state index contributed by atoms with van der Waals surface area (Å²) in [6.07, 6.45) is 11.8. The Kier molecular flexibility index (Phi) is 4.52. The van der Waals surface area contributed by atoms with E-state index in [-0.39, 0.29) is 0 Å². The standard InChI is InChI=1S/C21H26N2O/c1-2-17-13-18-14-23(12-10-16-7-4-3-5-8-16)15-24-21(18)20-19(17)9-6-11-22-20/h6-7,9,11,13H,2-5,8,10,12,14-15H2,1H3. The van der Waals surface area contributed by atoms with Crippen LogP contribution in [-0.2, 0) is 13.0 Å². The topological polar surface area (TPSA) is 25.4 Å². The van der Waals surface area contributed by atoms with E-state index in [0.29, 0.717) is 6.73 Å². The molecule has 4 rings (SSSR count). The summed E-state index contributed by atoms with van der Waals surface area (Å²) in [6, 6.07) is 6.50. The Morgan fingerprint density at radius 1 is 1.29 bits per heavy atom. The van der Waals surface area contributed by atoms with Crippen molar-refractivity contribution in [2.24, 2.45) is 0 Å². The van der Waals surface area contributed by atoms with Crippen molar-refractivity contribution in [1.29, 1.82) is 0 Å². The zero-order chi connectivity index (χ0) is 16.4. The first-order valence-electron chi connectivity index (χ1n) is 9.27. The molecule has 0 atom stereocenters. The van der Waals surface area contributed by atoms with E-state index in [1.54, 1.807) is 5.57 Å². The van der Waals surface area contributed by atoms with Gasteiger partial charge >= 0.3 is 0 Å². The van der Waals surface area contributed by atoms with Gasteiger partial charge in [0, 0.05) is 30.2 Å². The molecule has 0 saturated heterocycles. The van der Waals surface area contributed by atoms with Crippen molar-refractivity contribution >= 4 is 10.9 Å². The van der Waals surface area contributed by atoms with Crippen LogP contribution in [0.3, 0.4) is 0 Å². The molecule has 0 bridgehead atoms. The molecule has 2 aliphatic rings. The number of nitrogens with zero attached hydrogens (tertiary/aromatic N) is 2. The zero-order valence-corrected chi connectivity index (χ0v) is 14.6. The normalized spacial score (nSPS) is 18.1. The van der Waals surface area contributed by atoms with Gasteiger partial charge < -0.3 is 4.74 Å². The molecular formula is C21H26N2O. The van der Waals surface area contributed by atoms with Crippen molar-refractivity contribution in [2.45, 2.75) is 52.0 Å². The van der Waals surface area contributed by atoms with Crippen LogP contribution >= 0.6 is 0 Å². The van der Waals surface area contributed by atoms with Gasteiger partial charge in [0.1, 0.15) is 12.2 Å². The summed E-state index contributed by atoms with van der Waals surface area (Å²) in [4.78, 5) is 7.02. The molecule has 1 aliphatic heterocycles. The van der Waals surface area contributed by atoms with Gasteiger partial charge in [-0.15, -0.1) is 0 Å². The maximum absolute atomic E-state index is 6.13. The van der Waals surface area contributed by atoms with Crippen molar-refractivity contribution in [3.63, 3.8) is 0 Å². The lowest BCUT2D eigenvalue weighted by Gasteiger charge is -2.30. The molecule has 0 unspecified atom stereocenters. The molecule has 0 N–H and O–H groups in total. The summed E-state index contributed by atoms with van der Waals surface area (Å²) in [6.45, 7) is 4.96. The highest BCUT2D eigenvalue weighted by molar-refractivity contribution is 5.89. The molecule has 0 fully saturated rings. The maximum Gasteiger partial charge on any atom is 0.152 e. The van der Waals surface area contributed by atoms with E-state index in [0.717, 1.165) is 30.8 Å². The summed E-state index contributed by atoms with van der Waals surface area (Å²) < 4.78 is 6.13. The Morgan fingerprint density at radius 2 is 2.25 bits per heavy atom. The lowest BCUT2D eigenvalue weighted by Crippen LogP contribution is -2.33. The largest absolute Gasteiger partial charge is 0.475 e. The summed E-state index contributed by atoms with van der Waals surface area (Å²) in [5.41, 5.74) is 5.34. The van der Waals surface area contributed by atoms with Gasteiger partial charge in [-0.3, -0.25) is 9.88 Å². The molecule has 2 heterocycles. The van der Waals surface area contributed by atoms with Crippen LogP contribution in [0, 0.1) is 0 Å². The Hall–Kier alpha value is -1.87. The van der Waals surface area contributed by atoms with Crippen molar-refractivity contribution in [1.82, 2.24) is 9.88 Å². The van der Waals surface area contributed by atoms with Crippen LogP contribution in [0.4, 0.5) is 0 Å². The van der Waals surface area contributed by atoms with Crippen LogP contribution in [0.25, 0.3) is 10.9 Å². The van der Waals surface area contributed by atoms with E-state index >= 15 is 0 Å². The molecule has 3 nitrogen and oxygen atoms in total. The average Bonchev–Trinajstić information content (AvgIpc) is 2.66. The summed E-state index contributed by atoms with van der Waals surface area (Å²) in [7, 11) is 0. The van der Waals surface area contributed by atoms with Gasteiger partial charge in [0.2, 0.25) is 0 Å². The molecule has 1 aromatic heterocycles. The van der Waals surface area contributed by atoms with E-state index in [4.69, 9.17) is 4.74 Å². The molecule has 24 heavy (non-hydrogen) atoms. The van der Waals surface area contributed by atoms with Crippen LogP contribution in [-0.4, -0.2) is 23.2 Å². The van der Waals surface area contributed by atoms with Crippen molar-refractivity contribution in [3.05, 3.63) is 47.2 Å². The van der Waals surface area contributed by atoms with Crippen LogP contribution in [0.1, 0.15) is 50.2 Å². The first-order valence-corrected chi connectivity index (χ1v) is 9.27. The van der Waals surface area contributed by atoms with Gasteiger partial charge in [-0.25, -0.2) is 0 Å². The molecule has 0 amide bonds. The molecule has 1 aromatic carbocycles. The minimum atomic E-state index is 0.678. The Labute approximate surface area is 144 Å². The third kappa shape index (κ3) is 3.05. The van der Waals surface area contributed by atoms with Crippen LogP contribution in [0.5, 0.6) is 5.75 Å². The van der Waals surface area contributed by atoms with E-state index in [9.17, 15) is 0 Å². The van der Waals surface area contributed by atoms with Crippen LogP contribution in [0.15, 0.2) is 36.0 Å². The fourth-order valence-electron chi connectivity index (χ4n) is 3.94. The second kappa shape index (κ2) is 6.94. The molecule has 2 aromatic rings. The van der Waals surface area contributed by atoms with Gasteiger partial charge in [0.05, 0.1) is 0 Å².